The van der Waals surface area contributed by atoms with E-state index in [4.69, 9.17) is 24.7 Å². The fourth-order valence-corrected chi connectivity index (χ4v) is 4.82. The number of nitrogens with two attached hydrogens (primary N) is 1. The number of ether oxygens (including phenoxy) is 4. The standard InChI is InChI=1S/C24H41N5O7S/c1-6-9-12-33-16-17-19(34-13-10-7-2)23(4,35-14-11-8-3)24(30,36-17)18-15-26-21-20(25)27-22(28-29(18)21)37(5,31)32/h15,17,19,30H,6-14,16H2,1-5H3,(H2,25,27,28)/t17-,19-,23-,24+/m1/s1. The van der Waals surface area contributed by atoms with Crippen LogP contribution in [0.1, 0.15) is 71.9 Å². The van der Waals surface area contributed by atoms with Crippen LogP contribution in [0.25, 0.3) is 5.65 Å². The van der Waals surface area contributed by atoms with Gasteiger partial charge in [0.1, 0.15) is 17.9 Å². The van der Waals surface area contributed by atoms with Crippen LogP contribution in [0.3, 0.4) is 0 Å². The van der Waals surface area contributed by atoms with E-state index < -0.39 is 38.6 Å². The monoisotopic (exact) mass is 543 g/mol. The van der Waals surface area contributed by atoms with Crippen molar-refractivity contribution in [3.8, 4) is 0 Å². The lowest BCUT2D eigenvalue weighted by molar-refractivity contribution is -0.291. The molecule has 0 bridgehead atoms. The van der Waals surface area contributed by atoms with E-state index in [1.807, 2.05) is 6.92 Å². The maximum Gasteiger partial charge on any atom is 0.267 e. The third-order valence-corrected chi connectivity index (χ3v) is 7.38. The Bertz CT molecular complexity index is 1140. The van der Waals surface area contributed by atoms with Gasteiger partial charge in [-0.1, -0.05) is 40.0 Å². The lowest BCUT2D eigenvalue weighted by atomic mass is 9.87. The van der Waals surface area contributed by atoms with E-state index in [2.05, 4.69) is 28.9 Å². The molecule has 37 heavy (non-hydrogen) atoms. The van der Waals surface area contributed by atoms with Crippen LogP contribution >= 0.6 is 0 Å². The number of unbranched alkanes of at least 4 members (excludes halogenated alkanes) is 3. The van der Waals surface area contributed by atoms with Gasteiger partial charge in [0.15, 0.2) is 17.1 Å². The minimum Gasteiger partial charge on any atom is -0.380 e. The molecule has 1 fully saturated rings. The molecule has 12 nitrogen and oxygen atoms in total. The molecule has 1 aliphatic heterocycles. The zero-order valence-corrected chi connectivity index (χ0v) is 23.3. The summed E-state index contributed by atoms with van der Waals surface area (Å²) < 4.78 is 50.4. The first-order chi connectivity index (χ1) is 17.5. The quantitative estimate of drug-likeness (QED) is 0.317. The van der Waals surface area contributed by atoms with E-state index >= 15 is 0 Å². The predicted molar refractivity (Wildman–Crippen MR) is 137 cm³/mol. The van der Waals surface area contributed by atoms with Gasteiger partial charge in [0.05, 0.1) is 12.8 Å². The summed E-state index contributed by atoms with van der Waals surface area (Å²) in [5.74, 6) is -2.27. The van der Waals surface area contributed by atoms with Crippen molar-refractivity contribution in [3.05, 3.63) is 11.9 Å². The van der Waals surface area contributed by atoms with Gasteiger partial charge in [-0.05, 0) is 26.2 Å². The first kappa shape index (κ1) is 29.7. The number of rotatable bonds is 15. The minimum atomic E-state index is -3.80. The van der Waals surface area contributed by atoms with Crippen molar-refractivity contribution in [2.24, 2.45) is 0 Å². The number of aliphatic hydroxyl groups is 1. The fourth-order valence-electron chi connectivity index (χ4n) is 4.33. The number of hydrogen-bond acceptors (Lipinski definition) is 11. The highest BCUT2D eigenvalue weighted by molar-refractivity contribution is 7.90. The molecular formula is C24H41N5O7S. The topological polar surface area (TPSA) is 160 Å². The average Bonchev–Trinajstić information content (AvgIpc) is 3.36. The molecule has 2 aromatic heterocycles. The van der Waals surface area contributed by atoms with Crippen molar-refractivity contribution in [1.82, 2.24) is 19.6 Å². The van der Waals surface area contributed by atoms with E-state index in [1.54, 1.807) is 6.92 Å². The average molecular weight is 544 g/mol. The molecule has 0 radical (unpaired) electrons. The second-order valence-electron chi connectivity index (χ2n) is 9.61. The normalized spacial score (nSPS) is 26.3. The number of nitrogens with zero attached hydrogens (tertiary/aromatic N) is 4. The molecule has 3 heterocycles. The Balaban J connectivity index is 2.13. The number of fused-ring (bicyclic) bond motifs is 1. The second kappa shape index (κ2) is 12.3. The highest BCUT2D eigenvalue weighted by Gasteiger charge is 2.67. The molecule has 210 valence electrons. The summed E-state index contributed by atoms with van der Waals surface area (Å²) in [6.45, 7) is 9.42. The van der Waals surface area contributed by atoms with Gasteiger partial charge in [0.2, 0.25) is 15.6 Å². The Morgan fingerprint density at radius 3 is 2.43 bits per heavy atom. The molecule has 4 atom stereocenters. The van der Waals surface area contributed by atoms with Crippen LogP contribution < -0.4 is 5.73 Å². The number of nitrogen functional groups attached to an aromatic ring is 1. The third-order valence-electron chi connectivity index (χ3n) is 6.54. The molecule has 3 rings (SSSR count). The number of anilines is 1. The first-order valence-corrected chi connectivity index (χ1v) is 14.9. The van der Waals surface area contributed by atoms with Crippen molar-refractivity contribution in [1.29, 1.82) is 0 Å². The van der Waals surface area contributed by atoms with Gasteiger partial charge in [-0.2, -0.15) is 4.98 Å². The summed E-state index contributed by atoms with van der Waals surface area (Å²) >= 11 is 0. The summed E-state index contributed by atoms with van der Waals surface area (Å²) in [6.07, 6.45) is 6.22. The molecule has 0 aromatic carbocycles. The van der Waals surface area contributed by atoms with Crippen molar-refractivity contribution in [3.63, 3.8) is 0 Å². The van der Waals surface area contributed by atoms with Gasteiger partial charge in [-0.3, -0.25) is 0 Å². The van der Waals surface area contributed by atoms with Gasteiger partial charge >= 0.3 is 0 Å². The van der Waals surface area contributed by atoms with Gasteiger partial charge in [0, 0.05) is 26.1 Å². The molecular weight excluding hydrogens is 502 g/mol. The zero-order chi connectivity index (χ0) is 27.3. The van der Waals surface area contributed by atoms with E-state index in [0.717, 1.165) is 49.3 Å². The zero-order valence-electron chi connectivity index (χ0n) is 22.5. The molecule has 1 aliphatic rings. The van der Waals surface area contributed by atoms with Crippen molar-refractivity contribution < 1.29 is 32.5 Å². The highest BCUT2D eigenvalue weighted by Crippen LogP contribution is 2.49. The molecule has 0 unspecified atom stereocenters. The van der Waals surface area contributed by atoms with Gasteiger partial charge < -0.3 is 29.8 Å². The maximum atomic E-state index is 12.3. The molecule has 1 saturated heterocycles. The van der Waals surface area contributed by atoms with E-state index in [0.29, 0.717) is 19.8 Å². The second-order valence-corrected chi connectivity index (χ2v) is 11.5. The SMILES string of the molecule is CCCCOC[C@H]1O[C@@](O)(c2cnc3c(N)nc(S(C)(=O)=O)nn23)[C@](C)(OCCCC)[C@@H]1OCCCC. The van der Waals surface area contributed by atoms with Crippen LogP contribution in [0.5, 0.6) is 0 Å². The summed E-state index contributed by atoms with van der Waals surface area (Å²) in [5, 5.41) is 15.9. The molecule has 13 heteroatoms. The lowest BCUT2D eigenvalue weighted by Crippen LogP contribution is -2.56. The van der Waals surface area contributed by atoms with Crippen LogP contribution in [0.4, 0.5) is 5.82 Å². The minimum absolute atomic E-state index is 0.0562. The summed E-state index contributed by atoms with van der Waals surface area (Å²) in [7, 11) is -3.80. The van der Waals surface area contributed by atoms with Crippen molar-refractivity contribution in [2.45, 2.75) is 95.0 Å². The molecule has 0 saturated carbocycles. The summed E-state index contributed by atoms with van der Waals surface area (Å²) in [5.41, 5.74) is 4.74. The highest BCUT2D eigenvalue weighted by atomic mass is 32.2. The third kappa shape index (κ3) is 6.07. The van der Waals surface area contributed by atoms with Gasteiger partial charge in [0.25, 0.3) is 5.16 Å². The van der Waals surface area contributed by atoms with Gasteiger partial charge in [-0.15, -0.1) is 5.10 Å². The summed E-state index contributed by atoms with van der Waals surface area (Å²) in [6, 6.07) is 0. The number of hydrogen-bond donors (Lipinski definition) is 2. The Kier molecular flexibility index (Phi) is 9.86. The largest absolute Gasteiger partial charge is 0.380 e. The van der Waals surface area contributed by atoms with Crippen molar-refractivity contribution in [2.75, 3.05) is 38.4 Å². The van der Waals surface area contributed by atoms with E-state index in [-0.39, 0.29) is 23.8 Å². The first-order valence-electron chi connectivity index (χ1n) is 13.0. The number of imidazole rings is 1. The Hall–Kier alpha value is -1.90. The fraction of sp³-hybridized carbons (Fsp3) is 0.792. The van der Waals surface area contributed by atoms with Crippen LogP contribution in [-0.2, 0) is 34.6 Å². The van der Waals surface area contributed by atoms with Gasteiger partial charge in [-0.25, -0.2) is 17.9 Å². The smallest absolute Gasteiger partial charge is 0.267 e. The van der Waals surface area contributed by atoms with E-state index in [9.17, 15) is 13.5 Å². The molecule has 0 aliphatic carbocycles. The van der Waals surface area contributed by atoms with Crippen LogP contribution in [0.15, 0.2) is 11.4 Å². The molecule has 0 amide bonds. The molecule has 0 spiro atoms. The van der Waals surface area contributed by atoms with Crippen LogP contribution in [0.2, 0.25) is 0 Å². The number of sulfone groups is 1. The molecule has 2 aromatic rings. The van der Waals surface area contributed by atoms with Crippen LogP contribution in [-0.4, -0.2) is 83.6 Å². The Labute approximate surface area is 218 Å². The predicted octanol–water partition coefficient (Wildman–Crippen LogP) is 2.23. The molecule has 3 N–H and O–H groups in total. The van der Waals surface area contributed by atoms with Crippen molar-refractivity contribution >= 4 is 21.3 Å². The van der Waals surface area contributed by atoms with Crippen LogP contribution in [0, 0.1) is 0 Å². The Morgan fingerprint density at radius 1 is 1.14 bits per heavy atom. The number of aromatic nitrogens is 4. The summed E-state index contributed by atoms with van der Waals surface area (Å²) in [4.78, 5) is 8.12. The van der Waals surface area contributed by atoms with E-state index in [1.165, 1.54) is 6.20 Å². The maximum absolute atomic E-state index is 12.3. The lowest BCUT2D eigenvalue weighted by Gasteiger charge is -2.39. The Morgan fingerprint density at radius 2 is 1.78 bits per heavy atom.